The zero-order valence-electron chi connectivity index (χ0n) is 15.2. The molecule has 0 spiro atoms. The first kappa shape index (κ1) is 19.8. The number of aliphatic carboxylic acids is 1. The number of benzene rings is 1. The van der Waals surface area contributed by atoms with Crippen molar-refractivity contribution < 1.29 is 23.8 Å². The summed E-state index contributed by atoms with van der Waals surface area (Å²) < 4.78 is 18.7. The van der Waals surface area contributed by atoms with Gasteiger partial charge in [0.2, 0.25) is 0 Å². The maximum atomic E-state index is 13.9. The van der Waals surface area contributed by atoms with Crippen LogP contribution in [0.15, 0.2) is 18.2 Å². The number of carbonyl (C=O) groups is 2. The summed E-state index contributed by atoms with van der Waals surface area (Å²) in [5, 5.41) is 12.7. The number of thiazole rings is 1. The molecule has 6 nitrogen and oxygen atoms in total. The Kier molecular flexibility index (Phi) is 5.65. The van der Waals surface area contributed by atoms with E-state index in [-0.39, 0.29) is 16.7 Å². The molecular formula is C18H21FN2O4S. The maximum Gasteiger partial charge on any atom is 0.330 e. The van der Waals surface area contributed by atoms with Crippen LogP contribution in [0.1, 0.15) is 52.7 Å². The smallest absolute Gasteiger partial charge is 0.330 e. The van der Waals surface area contributed by atoms with Gasteiger partial charge in [0.25, 0.3) is 5.91 Å². The molecular weight excluding hydrogens is 359 g/mol. The van der Waals surface area contributed by atoms with Crippen molar-refractivity contribution in [3.8, 4) is 5.75 Å². The normalized spacial score (nSPS) is 12.5. The molecule has 1 unspecified atom stereocenters. The van der Waals surface area contributed by atoms with Gasteiger partial charge in [-0.2, -0.15) is 0 Å². The van der Waals surface area contributed by atoms with Crippen molar-refractivity contribution in [3.63, 3.8) is 0 Å². The van der Waals surface area contributed by atoms with E-state index in [2.05, 4.69) is 10.3 Å². The Hall–Kier alpha value is -2.48. The average Bonchev–Trinajstić information content (AvgIpc) is 2.94. The van der Waals surface area contributed by atoms with Gasteiger partial charge in [0, 0.05) is 5.41 Å². The van der Waals surface area contributed by atoms with Crippen LogP contribution in [0.4, 0.5) is 4.39 Å². The fourth-order valence-corrected chi connectivity index (χ4v) is 3.30. The lowest BCUT2D eigenvalue weighted by Crippen LogP contribution is -2.33. The topological polar surface area (TPSA) is 88.5 Å². The first-order chi connectivity index (χ1) is 12.0. The van der Waals surface area contributed by atoms with Gasteiger partial charge in [-0.25, -0.2) is 14.2 Å². The third-order valence-corrected chi connectivity index (χ3v) is 5.26. The van der Waals surface area contributed by atoms with Gasteiger partial charge in [-0.15, -0.1) is 11.3 Å². The molecule has 8 heteroatoms. The molecule has 0 saturated heterocycles. The molecule has 140 valence electrons. The highest BCUT2D eigenvalue weighted by molar-refractivity contribution is 7.14. The van der Waals surface area contributed by atoms with Crippen molar-refractivity contribution in [2.75, 3.05) is 7.11 Å². The van der Waals surface area contributed by atoms with Crippen LogP contribution < -0.4 is 10.1 Å². The standard InChI is InChI=1S/C18H21FN2O4S/c1-9-14(26-17(20-9)18(2,3)4)15(22)21-13(16(23)24)10-6-7-12(25-5)11(19)8-10/h6-8,13H,1-5H3,(H,21,22)(H,23,24). The zero-order valence-corrected chi connectivity index (χ0v) is 16.0. The van der Waals surface area contributed by atoms with Crippen LogP contribution in [-0.4, -0.2) is 29.1 Å². The Labute approximate surface area is 155 Å². The lowest BCUT2D eigenvalue weighted by atomic mass is 9.98. The number of aryl methyl sites for hydroxylation is 1. The quantitative estimate of drug-likeness (QED) is 0.829. The fourth-order valence-electron chi connectivity index (χ4n) is 2.27. The number of ether oxygens (including phenoxy) is 1. The summed E-state index contributed by atoms with van der Waals surface area (Å²) in [6, 6.07) is 2.38. The number of methoxy groups -OCH3 is 1. The summed E-state index contributed by atoms with van der Waals surface area (Å²) in [5.41, 5.74) is 0.420. The molecule has 0 aliphatic heterocycles. The lowest BCUT2D eigenvalue weighted by Gasteiger charge is -2.15. The van der Waals surface area contributed by atoms with E-state index in [4.69, 9.17) is 4.74 Å². The first-order valence-corrected chi connectivity index (χ1v) is 8.71. The molecule has 0 aliphatic carbocycles. The van der Waals surface area contributed by atoms with E-state index in [9.17, 15) is 19.1 Å². The maximum absolute atomic E-state index is 13.9. The van der Waals surface area contributed by atoms with E-state index < -0.39 is 23.7 Å². The largest absolute Gasteiger partial charge is 0.494 e. The second kappa shape index (κ2) is 7.41. The number of nitrogens with zero attached hydrogens (tertiary/aromatic N) is 1. The predicted molar refractivity (Wildman–Crippen MR) is 96.3 cm³/mol. The molecule has 2 rings (SSSR count). The van der Waals surface area contributed by atoms with Gasteiger partial charge in [0.15, 0.2) is 17.6 Å². The van der Waals surface area contributed by atoms with Crippen molar-refractivity contribution in [2.45, 2.75) is 39.2 Å². The molecule has 0 radical (unpaired) electrons. The van der Waals surface area contributed by atoms with E-state index in [0.717, 1.165) is 11.1 Å². The summed E-state index contributed by atoms with van der Waals surface area (Å²) in [4.78, 5) is 28.9. The van der Waals surface area contributed by atoms with Crippen LogP contribution >= 0.6 is 11.3 Å². The SMILES string of the molecule is COc1ccc(C(NC(=O)c2sc(C(C)(C)C)nc2C)C(=O)O)cc1F. The number of carbonyl (C=O) groups excluding carboxylic acids is 1. The van der Waals surface area contributed by atoms with Crippen LogP contribution in [0.25, 0.3) is 0 Å². The van der Waals surface area contributed by atoms with Gasteiger partial charge >= 0.3 is 5.97 Å². The predicted octanol–water partition coefficient (Wildman–Crippen LogP) is 3.45. The first-order valence-electron chi connectivity index (χ1n) is 7.89. The Morgan fingerprint density at radius 2 is 2.00 bits per heavy atom. The number of amides is 1. The molecule has 1 heterocycles. The minimum Gasteiger partial charge on any atom is -0.494 e. The number of hydrogen-bond donors (Lipinski definition) is 2. The molecule has 1 aromatic heterocycles. The van der Waals surface area contributed by atoms with E-state index in [1.54, 1.807) is 6.92 Å². The third-order valence-electron chi connectivity index (χ3n) is 3.68. The molecule has 0 fully saturated rings. The summed E-state index contributed by atoms with van der Waals surface area (Å²) in [6.07, 6.45) is 0. The van der Waals surface area contributed by atoms with E-state index in [1.807, 2.05) is 20.8 Å². The number of halogens is 1. The molecule has 1 atom stereocenters. The van der Waals surface area contributed by atoms with E-state index in [0.29, 0.717) is 10.6 Å². The van der Waals surface area contributed by atoms with Crippen LogP contribution in [0.5, 0.6) is 5.75 Å². The molecule has 1 amide bonds. The number of hydrogen-bond acceptors (Lipinski definition) is 5. The van der Waals surface area contributed by atoms with Crippen molar-refractivity contribution in [3.05, 3.63) is 45.2 Å². The molecule has 0 aliphatic rings. The summed E-state index contributed by atoms with van der Waals surface area (Å²) >= 11 is 1.22. The average molecular weight is 380 g/mol. The monoisotopic (exact) mass is 380 g/mol. The minimum atomic E-state index is -1.39. The highest BCUT2D eigenvalue weighted by atomic mass is 32.1. The molecule has 2 aromatic rings. The van der Waals surface area contributed by atoms with Crippen LogP contribution in [0, 0.1) is 12.7 Å². The van der Waals surface area contributed by atoms with Crippen LogP contribution in [0.2, 0.25) is 0 Å². The third kappa shape index (κ3) is 4.19. The van der Waals surface area contributed by atoms with Gasteiger partial charge in [-0.3, -0.25) is 4.79 Å². The van der Waals surface area contributed by atoms with E-state index >= 15 is 0 Å². The summed E-state index contributed by atoms with van der Waals surface area (Å²) in [6.45, 7) is 7.64. The number of carboxylic acids is 1. The second-order valence-corrected chi connectivity index (χ2v) is 7.82. The van der Waals surface area contributed by atoms with Gasteiger partial charge in [-0.1, -0.05) is 26.8 Å². The number of nitrogens with one attached hydrogen (secondary N) is 1. The van der Waals surface area contributed by atoms with Crippen LogP contribution in [0.3, 0.4) is 0 Å². The van der Waals surface area contributed by atoms with Crippen molar-refractivity contribution in [1.29, 1.82) is 0 Å². The van der Waals surface area contributed by atoms with Crippen molar-refractivity contribution in [2.24, 2.45) is 0 Å². The Morgan fingerprint density at radius 1 is 1.35 bits per heavy atom. The Morgan fingerprint density at radius 3 is 2.46 bits per heavy atom. The van der Waals surface area contributed by atoms with Crippen molar-refractivity contribution >= 4 is 23.2 Å². The van der Waals surface area contributed by atoms with Gasteiger partial charge in [0.1, 0.15) is 4.88 Å². The van der Waals surface area contributed by atoms with Gasteiger partial charge < -0.3 is 15.2 Å². The highest BCUT2D eigenvalue weighted by Crippen LogP contribution is 2.30. The Balaban J connectivity index is 2.31. The Bertz CT molecular complexity index is 842. The fraction of sp³-hybridized carbons (Fsp3) is 0.389. The molecule has 0 saturated carbocycles. The second-order valence-electron chi connectivity index (χ2n) is 6.82. The van der Waals surface area contributed by atoms with Crippen LogP contribution in [-0.2, 0) is 10.2 Å². The molecule has 0 bridgehead atoms. The molecule has 2 N–H and O–H groups in total. The van der Waals surface area contributed by atoms with Crippen molar-refractivity contribution in [1.82, 2.24) is 10.3 Å². The minimum absolute atomic E-state index is 0.00247. The number of rotatable bonds is 5. The summed E-state index contributed by atoms with van der Waals surface area (Å²) in [7, 11) is 1.31. The lowest BCUT2D eigenvalue weighted by molar-refractivity contribution is -0.139. The van der Waals surface area contributed by atoms with Gasteiger partial charge in [-0.05, 0) is 24.6 Å². The number of carboxylic acid groups (broad SMARTS) is 1. The number of aromatic nitrogens is 1. The highest BCUT2D eigenvalue weighted by Gasteiger charge is 2.28. The summed E-state index contributed by atoms with van der Waals surface area (Å²) in [5.74, 6) is -2.55. The molecule has 1 aromatic carbocycles. The zero-order chi connectivity index (χ0) is 19.6. The molecule has 26 heavy (non-hydrogen) atoms. The van der Waals surface area contributed by atoms with Gasteiger partial charge in [0.05, 0.1) is 17.8 Å². The van der Waals surface area contributed by atoms with E-state index in [1.165, 1.54) is 30.6 Å².